The van der Waals surface area contributed by atoms with Crippen molar-refractivity contribution < 1.29 is 18.0 Å². The third kappa shape index (κ3) is 5.31. The van der Waals surface area contributed by atoms with Gasteiger partial charge in [0.15, 0.2) is 0 Å². The van der Waals surface area contributed by atoms with Crippen LogP contribution < -0.4 is 15.4 Å². The Morgan fingerprint density at radius 2 is 1.77 bits per heavy atom. The normalized spacial score (nSPS) is 12.6. The molecule has 1 aromatic heterocycles. The summed E-state index contributed by atoms with van der Waals surface area (Å²) in [4.78, 5) is 23.5. The SMILES string of the molecule is CC(=O)Nc1nnc(S(=O)(=O)N[C@H](C(=O)NC(C)C)c2ccccc2)s1. The van der Waals surface area contributed by atoms with Gasteiger partial charge in [-0.25, -0.2) is 8.42 Å². The highest BCUT2D eigenvalue weighted by Gasteiger charge is 2.30. The van der Waals surface area contributed by atoms with Gasteiger partial charge in [-0.3, -0.25) is 9.59 Å². The minimum Gasteiger partial charge on any atom is -0.352 e. The third-order valence-corrected chi connectivity index (χ3v) is 5.65. The van der Waals surface area contributed by atoms with Crippen LogP contribution in [0.5, 0.6) is 0 Å². The highest BCUT2D eigenvalue weighted by molar-refractivity contribution is 7.91. The van der Waals surface area contributed by atoms with Crippen LogP contribution in [0, 0.1) is 0 Å². The Bertz CT molecular complexity index is 880. The number of benzene rings is 1. The van der Waals surface area contributed by atoms with Crippen molar-refractivity contribution >= 4 is 38.3 Å². The van der Waals surface area contributed by atoms with Crippen molar-refractivity contribution in [1.29, 1.82) is 0 Å². The van der Waals surface area contributed by atoms with Crippen LogP contribution in [0.1, 0.15) is 32.4 Å². The van der Waals surface area contributed by atoms with Crippen LogP contribution in [0.3, 0.4) is 0 Å². The van der Waals surface area contributed by atoms with Gasteiger partial charge in [0.2, 0.25) is 21.3 Å². The Morgan fingerprint density at radius 1 is 1.12 bits per heavy atom. The van der Waals surface area contributed by atoms with E-state index >= 15 is 0 Å². The van der Waals surface area contributed by atoms with Gasteiger partial charge in [0.05, 0.1) is 0 Å². The predicted molar refractivity (Wildman–Crippen MR) is 97.0 cm³/mol. The van der Waals surface area contributed by atoms with Crippen molar-refractivity contribution in [3.05, 3.63) is 35.9 Å². The molecule has 0 saturated heterocycles. The summed E-state index contributed by atoms with van der Waals surface area (Å²) in [5.74, 6) is -0.877. The van der Waals surface area contributed by atoms with Crippen LogP contribution in [-0.4, -0.2) is 36.5 Å². The molecule has 0 aliphatic rings. The second-order valence-corrected chi connectivity index (χ2v) is 8.55. The van der Waals surface area contributed by atoms with E-state index in [4.69, 9.17) is 0 Å². The standard InChI is InChI=1S/C15H19N5O4S2/c1-9(2)16-13(22)12(11-7-5-4-6-8-11)20-26(23,24)15-19-18-14(25-15)17-10(3)21/h4-9,12,20H,1-3H3,(H,16,22)(H,17,18,21)/t12-/m0/s1. The summed E-state index contributed by atoms with van der Waals surface area (Å²) in [5.41, 5.74) is 0.487. The number of nitrogens with zero attached hydrogens (tertiary/aromatic N) is 2. The molecule has 1 aromatic carbocycles. The fraction of sp³-hybridized carbons (Fsp3) is 0.333. The topological polar surface area (TPSA) is 130 Å². The molecule has 26 heavy (non-hydrogen) atoms. The summed E-state index contributed by atoms with van der Waals surface area (Å²) >= 11 is 0.695. The maximum atomic E-state index is 12.6. The first-order valence-corrected chi connectivity index (χ1v) is 9.98. The summed E-state index contributed by atoms with van der Waals surface area (Å²) in [6.45, 7) is 4.83. The highest BCUT2D eigenvalue weighted by atomic mass is 32.2. The zero-order valence-electron chi connectivity index (χ0n) is 14.4. The molecule has 2 aromatic rings. The fourth-order valence-electron chi connectivity index (χ4n) is 2.01. The lowest BCUT2D eigenvalue weighted by atomic mass is 10.1. The second-order valence-electron chi connectivity index (χ2n) is 5.68. The number of carbonyl (C=O) groups is 2. The van der Waals surface area contributed by atoms with Gasteiger partial charge in [0, 0.05) is 13.0 Å². The van der Waals surface area contributed by atoms with Gasteiger partial charge in [-0.15, -0.1) is 10.2 Å². The molecule has 11 heteroatoms. The van der Waals surface area contributed by atoms with E-state index in [9.17, 15) is 18.0 Å². The van der Waals surface area contributed by atoms with E-state index in [2.05, 4.69) is 25.6 Å². The van der Waals surface area contributed by atoms with Crippen molar-refractivity contribution in [2.45, 2.75) is 37.2 Å². The molecule has 0 saturated carbocycles. The molecule has 1 heterocycles. The quantitative estimate of drug-likeness (QED) is 0.599. The number of carbonyl (C=O) groups excluding carboxylic acids is 2. The number of aromatic nitrogens is 2. The van der Waals surface area contributed by atoms with Gasteiger partial charge in [-0.05, 0) is 19.4 Å². The Labute approximate surface area is 155 Å². The predicted octanol–water partition coefficient (Wildman–Crippen LogP) is 1.04. The van der Waals surface area contributed by atoms with E-state index < -0.39 is 27.9 Å². The smallest absolute Gasteiger partial charge is 0.270 e. The monoisotopic (exact) mass is 397 g/mol. The van der Waals surface area contributed by atoms with E-state index in [0.717, 1.165) is 0 Å². The van der Waals surface area contributed by atoms with Crippen LogP contribution in [0.15, 0.2) is 34.7 Å². The number of nitrogens with one attached hydrogen (secondary N) is 3. The minimum absolute atomic E-state index is 0.0563. The summed E-state index contributed by atoms with van der Waals surface area (Å²) in [5, 5.41) is 12.3. The van der Waals surface area contributed by atoms with Crippen molar-refractivity contribution in [2.24, 2.45) is 0 Å². The molecular weight excluding hydrogens is 378 g/mol. The number of anilines is 1. The highest BCUT2D eigenvalue weighted by Crippen LogP contribution is 2.22. The van der Waals surface area contributed by atoms with E-state index in [1.54, 1.807) is 44.2 Å². The van der Waals surface area contributed by atoms with Crippen LogP contribution in [0.2, 0.25) is 0 Å². The Hall–Kier alpha value is -2.37. The van der Waals surface area contributed by atoms with Gasteiger partial charge in [-0.1, -0.05) is 41.7 Å². The molecule has 0 radical (unpaired) electrons. The number of sulfonamides is 1. The number of hydrogen-bond acceptors (Lipinski definition) is 7. The van der Waals surface area contributed by atoms with Crippen molar-refractivity contribution in [3.8, 4) is 0 Å². The molecule has 2 amide bonds. The number of hydrogen-bond donors (Lipinski definition) is 3. The zero-order valence-corrected chi connectivity index (χ0v) is 16.0. The lowest BCUT2D eigenvalue weighted by Gasteiger charge is -2.19. The molecule has 0 bridgehead atoms. The van der Waals surface area contributed by atoms with Gasteiger partial charge in [0.25, 0.3) is 10.0 Å². The molecule has 140 valence electrons. The molecule has 0 fully saturated rings. The van der Waals surface area contributed by atoms with Crippen molar-refractivity contribution in [3.63, 3.8) is 0 Å². The van der Waals surface area contributed by atoms with Gasteiger partial charge in [0.1, 0.15) is 6.04 Å². The molecule has 2 rings (SSSR count). The lowest BCUT2D eigenvalue weighted by molar-refractivity contribution is -0.123. The summed E-state index contributed by atoms with van der Waals surface area (Å²) in [6.07, 6.45) is 0. The zero-order chi connectivity index (χ0) is 19.3. The summed E-state index contributed by atoms with van der Waals surface area (Å²) in [7, 11) is -4.12. The number of rotatable bonds is 7. The molecule has 3 N–H and O–H groups in total. The first kappa shape index (κ1) is 19.9. The first-order chi connectivity index (χ1) is 12.2. The maximum Gasteiger partial charge on any atom is 0.270 e. The van der Waals surface area contributed by atoms with Crippen LogP contribution in [0.25, 0.3) is 0 Å². The minimum atomic E-state index is -4.12. The largest absolute Gasteiger partial charge is 0.352 e. The Morgan fingerprint density at radius 3 is 2.35 bits per heavy atom. The van der Waals surface area contributed by atoms with Gasteiger partial charge in [-0.2, -0.15) is 4.72 Å². The van der Waals surface area contributed by atoms with E-state index in [-0.39, 0.29) is 15.5 Å². The lowest BCUT2D eigenvalue weighted by Crippen LogP contribution is -2.42. The van der Waals surface area contributed by atoms with Crippen molar-refractivity contribution in [1.82, 2.24) is 20.2 Å². The Kier molecular flexibility index (Phi) is 6.40. The first-order valence-electron chi connectivity index (χ1n) is 7.68. The molecular formula is C15H19N5O4S2. The van der Waals surface area contributed by atoms with Crippen LogP contribution in [0.4, 0.5) is 5.13 Å². The fourth-order valence-corrected chi connectivity index (χ4v) is 4.16. The third-order valence-electron chi connectivity index (χ3n) is 3.02. The van der Waals surface area contributed by atoms with Crippen LogP contribution in [-0.2, 0) is 19.6 Å². The molecule has 9 nitrogen and oxygen atoms in total. The van der Waals surface area contributed by atoms with Crippen molar-refractivity contribution in [2.75, 3.05) is 5.32 Å². The summed E-state index contributed by atoms with van der Waals surface area (Å²) < 4.78 is 27.2. The average molecular weight is 397 g/mol. The van der Waals surface area contributed by atoms with E-state index in [1.165, 1.54) is 6.92 Å². The molecule has 0 unspecified atom stereocenters. The van der Waals surface area contributed by atoms with E-state index in [1.807, 2.05) is 0 Å². The van der Waals surface area contributed by atoms with E-state index in [0.29, 0.717) is 16.9 Å². The number of amides is 2. The summed E-state index contributed by atoms with van der Waals surface area (Å²) in [6, 6.07) is 7.19. The molecule has 1 atom stereocenters. The average Bonchev–Trinajstić information content (AvgIpc) is 3.01. The molecule has 0 spiro atoms. The molecule has 0 aliphatic heterocycles. The van der Waals surface area contributed by atoms with Gasteiger partial charge >= 0.3 is 0 Å². The molecule has 0 aliphatic carbocycles. The van der Waals surface area contributed by atoms with Crippen LogP contribution >= 0.6 is 11.3 Å². The maximum absolute atomic E-state index is 12.6. The second kappa shape index (κ2) is 8.34. The van der Waals surface area contributed by atoms with Gasteiger partial charge < -0.3 is 10.6 Å². The Balaban J connectivity index is 2.30.